The van der Waals surface area contributed by atoms with Gasteiger partial charge >= 0.3 is 6.01 Å². The SMILES string of the molecule is Cc1nc(NS(=O)(=O)c2cn3c(n2)CCCC3C)oc1C. The van der Waals surface area contributed by atoms with Gasteiger partial charge in [0, 0.05) is 18.7 Å². The third-order valence-electron chi connectivity index (χ3n) is 3.81. The van der Waals surface area contributed by atoms with E-state index in [1.54, 1.807) is 20.0 Å². The van der Waals surface area contributed by atoms with Crippen LogP contribution in [0.2, 0.25) is 0 Å². The predicted octanol–water partition coefficient (Wildman–Crippen LogP) is 2.19. The molecule has 114 valence electrons. The lowest BCUT2D eigenvalue weighted by atomic mass is 10.1. The maximum absolute atomic E-state index is 12.4. The zero-order valence-corrected chi connectivity index (χ0v) is 13.1. The van der Waals surface area contributed by atoms with E-state index in [0.29, 0.717) is 11.5 Å². The standard InChI is InChI=1S/C13H18N4O3S/c1-8-5-4-6-11-15-12(7-17(8)11)21(18,19)16-13-14-9(2)10(3)20-13/h7-8H,4-6H2,1-3H3,(H,14,16). The summed E-state index contributed by atoms with van der Waals surface area (Å²) < 4.78 is 34.3. The quantitative estimate of drug-likeness (QED) is 0.938. The molecule has 1 aliphatic heterocycles. The second-order valence-electron chi connectivity index (χ2n) is 5.41. The van der Waals surface area contributed by atoms with Gasteiger partial charge in [0.15, 0.2) is 5.03 Å². The number of nitrogens with zero attached hydrogens (tertiary/aromatic N) is 3. The van der Waals surface area contributed by atoms with Crippen molar-refractivity contribution >= 4 is 16.0 Å². The van der Waals surface area contributed by atoms with Crippen LogP contribution in [-0.2, 0) is 16.4 Å². The molecule has 0 aliphatic carbocycles. The Morgan fingerprint density at radius 3 is 2.76 bits per heavy atom. The van der Waals surface area contributed by atoms with Gasteiger partial charge in [-0.2, -0.15) is 13.4 Å². The lowest BCUT2D eigenvalue weighted by Crippen LogP contribution is -2.14. The van der Waals surface area contributed by atoms with Gasteiger partial charge in [-0.05, 0) is 33.6 Å². The highest BCUT2D eigenvalue weighted by molar-refractivity contribution is 7.92. The van der Waals surface area contributed by atoms with E-state index < -0.39 is 10.0 Å². The Morgan fingerprint density at radius 1 is 1.38 bits per heavy atom. The normalized spacial score (nSPS) is 18.5. The second-order valence-corrected chi connectivity index (χ2v) is 7.04. The van der Waals surface area contributed by atoms with Gasteiger partial charge in [0.1, 0.15) is 11.6 Å². The predicted molar refractivity (Wildman–Crippen MR) is 76.7 cm³/mol. The zero-order valence-electron chi connectivity index (χ0n) is 12.3. The molecular formula is C13H18N4O3S. The molecule has 1 unspecified atom stereocenters. The van der Waals surface area contributed by atoms with Crippen molar-refractivity contribution in [3.05, 3.63) is 23.5 Å². The molecule has 1 atom stereocenters. The lowest BCUT2D eigenvalue weighted by molar-refractivity contribution is 0.425. The van der Waals surface area contributed by atoms with E-state index >= 15 is 0 Å². The third kappa shape index (κ3) is 2.55. The number of aromatic nitrogens is 3. The van der Waals surface area contributed by atoms with Crippen molar-refractivity contribution < 1.29 is 12.8 Å². The zero-order chi connectivity index (χ0) is 15.2. The number of oxazole rings is 1. The van der Waals surface area contributed by atoms with Crippen LogP contribution < -0.4 is 4.72 Å². The summed E-state index contributed by atoms with van der Waals surface area (Å²) in [7, 11) is -3.77. The number of aryl methyl sites for hydroxylation is 3. The summed E-state index contributed by atoms with van der Waals surface area (Å²) in [6, 6.07) is 0.250. The van der Waals surface area contributed by atoms with Crippen molar-refractivity contribution in [2.24, 2.45) is 0 Å². The minimum absolute atomic E-state index is 0.0137. The summed E-state index contributed by atoms with van der Waals surface area (Å²) in [6.07, 6.45) is 4.46. The number of hydrogen-bond acceptors (Lipinski definition) is 5. The molecule has 0 bridgehead atoms. The Balaban J connectivity index is 1.91. The second kappa shape index (κ2) is 4.87. The molecule has 7 nitrogen and oxygen atoms in total. The molecule has 0 spiro atoms. The van der Waals surface area contributed by atoms with E-state index in [9.17, 15) is 8.42 Å². The van der Waals surface area contributed by atoms with Crippen LogP contribution in [-0.4, -0.2) is 23.0 Å². The van der Waals surface area contributed by atoms with E-state index in [1.807, 2.05) is 4.57 Å². The van der Waals surface area contributed by atoms with Crippen molar-refractivity contribution in [1.82, 2.24) is 14.5 Å². The highest BCUT2D eigenvalue weighted by atomic mass is 32.2. The maximum Gasteiger partial charge on any atom is 0.309 e. The monoisotopic (exact) mass is 310 g/mol. The molecule has 1 aliphatic rings. The van der Waals surface area contributed by atoms with Crippen molar-refractivity contribution in [2.45, 2.75) is 51.1 Å². The van der Waals surface area contributed by atoms with Crippen LogP contribution in [0, 0.1) is 13.8 Å². The first-order valence-corrected chi connectivity index (χ1v) is 8.40. The minimum atomic E-state index is -3.77. The van der Waals surface area contributed by atoms with Gasteiger partial charge in [-0.25, -0.2) is 9.71 Å². The van der Waals surface area contributed by atoms with Gasteiger partial charge in [0.25, 0.3) is 10.0 Å². The van der Waals surface area contributed by atoms with E-state index in [0.717, 1.165) is 25.1 Å². The van der Waals surface area contributed by atoms with Crippen molar-refractivity contribution in [2.75, 3.05) is 4.72 Å². The summed E-state index contributed by atoms with van der Waals surface area (Å²) in [5, 5.41) is 0.0137. The van der Waals surface area contributed by atoms with E-state index in [-0.39, 0.29) is 17.1 Å². The Morgan fingerprint density at radius 2 is 2.14 bits per heavy atom. The number of imidazole rings is 1. The molecule has 3 heterocycles. The smallest absolute Gasteiger partial charge is 0.309 e. The molecule has 2 aromatic heterocycles. The molecule has 0 saturated heterocycles. The highest BCUT2D eigenvalue weighted by Crippen LogP contribution is 2.26. The van der Waals surface area contributed by atoms with Crippen LogP contribution in [0.25, 0.3) is 0 Å². The van der Waals surface area contributed by atoms with Crippen LogP contribution >= 0.6 is 0 Å². The summed E-state index contributed by atoms with van der Waals surface area (Å²) >= 11 is 0. The fourth-order valence-electron chi connectivity index (χ4n) is 2.48. The number of rotatable bonds is 3. The molecular weight excluding hydrogens is 292 g/mol. The summed E-state index contributed by atoms with van der Waals surface area (Å²) in [4.78, 5) is 8.27. The third-order valence-corrected chi connectivity index (χ3v) is 5.00. The Bertz CT molecular complexity index is 756. The van der Waals surface area contributed by atoms with Crippen molar-refractivity contribution in [3.8, 4) is 0 Å². The van der Waals surface area contributed by atoms with Crippen molar-refractivity contribution in [3.63, 3.8) is 0 Å². The van der Waals surface area contributed by atoms with Crippen LogP contribution in [0.5, 0.6) is 0 Å². The van der Waals surface area contributed by atoms with Gasteiger partial charge in [0.05, 0.1) is 5.69 Å². The van der Waals surface area contributed by atoms with Gasteiger partial charge in [-0.3, -0.25) is 0 Å². The van der Waals surface area contributed by atoms with E-state index in [4.69, 9.17) is 4.42 Å². The number of nitrogens with one attached hydrogen (secondary N) is 1. The lowest BCUT2D eigenvalue weighted by Gasteiger charge is -2.20. The first-order chi connectivity index (χ1) is 9.87. The fraction of sp³-hybridized carbons (Fsp3) is 0.538. The van der Waals surface area contributed by atoms with Crippen LogP contribution in [0.3, 0.4) is 0 Å². The topological polar surface area (TPSA) is 90.0 Å². The maximum atomic E-state index is 12.4. The molecule has 0 fully saturated rings. The molecule has 0 radical (unpaired) electrons. The molecule has 8 heteroatoms. The fourth-order valence-corrected chi connectivity index (χ4v) is 3.38. The van der Waals surface area contributed by atoms with E-state index in [1.165, 1.54) is 0 Å². The van der Waals surface area contributed by atoms with Crippen molar-refractivity contribution in [1.29, 1.82) is 0 Å². The Kier molecular flexibility index (Phi) is 3.27. The van der Waals surface area contributed by atoms with Gasteiger partial charge in [-0.1, -0.05) is 0 Å². The average molecular weight is 310 g/mol. The number of fused-ring (bicyclic) bond motifs is 1. The molecule has 2 aromatic rings. The van der Waals surface area contributed by atoms with Crippen LogP contribution in [0.1, 0.15) is 43.1 Å². The number of anilines is 1. The van der Waals surface area contributed by atoms with E-state index in [2.05, 4.69) is 21.6 Å². The first-order valence-electron chi connectivity index (χ1n) is 6.91. The molecule has 21 heavy (non-hydrogen) atoms. The van der Waals surface area contributed by atoms with Gasteiger partial charge < -0.3 is 8.98 Å². The highest BCUT2D eigenvalue weighted by Gasteiger charge is 2.25. The Hall–Kier alpha value is -1.83. The molecule has 1 N–H and O–H groups in total. The largest absolute Gasteiger partial charge is 0.428 e. The molecule has 0 saturated carbocycles. The van der Waals surface area contributed by atoms with Crippen LogP contribution in [0.15, 0.2) is 15.6 Å². The number of sulfonamides is 1. The minimum Gasteiger partial charge on any atom is -0.428 e. The first kappa shape index (κ1) is 14.1. The average Bonchev–Trinajstić information content (AvgIpc) is 2.95. The molecule has 3 rings (SSSR count). The number of hydrogen-bond donors (Lipinski definition) is 1. The Labute approximate surface area is 123 Å². The van der Waals surface area contributed by atoms with Crippen LogP contribution in [0.4, 0.5) is 6.01 Å². The summed E-state index contributed by atoms with van der Waals surface area (Å²) in [5.74, 6) is 1.40. The van der Waals surface area contributed by atoms with Gasteiger partial charge in [-0.15, -0.1) is 0 Å². The molecule has 0 aromatic carbocycles. The summed E-state index contributed by atoms with van der Waals surface area (Å²) in [6.45, 7) is 5.56. The van der Waals surface area contributed by atoms with Gasteiger partial charge in [0.2, 0.25) is 0 Å². The molecule has 0 amide bonds. The summed E-state index contributed by atoms with van der Waals surface area (Å²) in [5.41, 5.74) is 0.658.